The standard InChI is InChI=1S/C13H12Cl7/c1-8(2)7-9-5-3-4-6-10(9)11(14,15)12(16,17)13(18,19)20/h3-6,8H,1,7H2,2H3. The topological polar surface area (TPSA) is 0 Å². The SMILES string of the molecule is [CH2]C(C)Cc1ccccc1C(Cl)(Cl)C(Cl)(Cl)C(Cl)(Cl)Cl. The lowest BCUT2D eigenvalue weighted by molar-refractivity contribution is 0.666. The Hall–Kier alpha value is 1.25. The summed E-state index contributed by atoms with van der Waals surface area (Å²) in [5, 5.41) is 0. The van der Waals surface area contributed by atoms with Gasteiger partial charge in [0.2, 0.25) is 8.13 Å². The van der Waals surface area contributed by atoms with E-state index in [0.717, 1.165) is 5.56 Å². The van der Waals surface area contributed by atoms with Crippen LogP contribution in [-0.2, 0) is 10.8 Å². The molecule has 0 heterocycles. The van der Waals surface area contributed by atoms with Crippen LogP contribution < -0.4 is 0 Å². The molecule has 0 saturated carbocycles. The summed E-state index contributed by atoms with van der Waals surface area (Å²) < 4.78 is -5.90. The van der Waals surface area contributed by atoms with Gasteiger partial charge in [0, 0.05) is 0 Å². The fourth-order valence-electron chi connectivity index (χ4n) is 1.73. The number of rotatable bonds is 4. The molecule has 0 N–H and O–H groups in total. The zero-order chi connectivity index (χ0) is 15.8. The Balaban J connectivity index is 3.35. The summed E-state index contributed by atoms with van der Waals surface area (Å²) in [6.45, 7) is 5.90. The third kappa shape index (κ3) is 3.96. The largest absolute Gasteiger partial charge is 0.226 e. The van der Waals surface area contributed by atoms with Crippen LogP contribution in [0.1, 0.15) is 18.1 Å². The van der Waals surface area contributed by atoms with E-state index in [1.807, 2.05) is 19.1 Å². The van der Waals surface area contributed by atoms with Gasteiger partial charge in [-0.15, -0.1) is 0 Å². The van der Waals surface area contributed by atoms with E-state index in [2.05, 4.69) is 6.92 Å². The smallest absolute Gasteiger partial charge is 0.0930 e. The Labute approximate surface area is 154 Å². The third-order valence-corrected chi connectivity index (χ3v) is 6.60. The van der Waals surface area contributed by atoms with Gasteiger partial charge in [-0.1, -0.05) is 119 Å². The highest BCUT2D eigenvalue weighted by molar-refractivity contribution is 6.78. The fraction of sp³-hybridized carbons (Fsp3) is 0.462. The molecule has 1 atom stereocenters. The summed E-state index contributed by atoms with van der Waals surface area (Å²) in [4.78, 5) is 0. The molecule has 0 aliphatic carbocycles. The lowest BCUT2D eigenvalue weighted by Gasteiger charge is -2.38. The summed E-state index contributed by atoms with van der Waals surface area (Å²) in [5.41, 5.74) is 1.34. The van der Waals surface area contributed by atoms with Crippen LogP contribution in [0.3, 0.4) is 0 Å². The van der Waals surface area contributed by atoms with Crippen LogP contribution in [0.25, 0.3) is 0 Å². The Morgan fingerprint density at radius 1 is 1.00 bits per heavy atom. The van der Waals surface area contributed by atoms with E-state index in [0.29, 0.717) is 12.0 Å². The van der Waals surface area contributed by atoms with Crippen molar-refractivity contribution in [1.82, 2.24) is 0 Å². The van der Waals surface area contributed by atoms with Gasteiger partial charge >= 0.3 is 0 Å². The highest BCUT2D eigenvalue weighted by Gasteiger charge is 2.61. The first-order valence-electron chi connectivity index (χ1n) is 5.65. The van der Waals surface area contributed by atoms with E-state index in [-0.39, 0.29) is 5.92 Å². The third-order valence-electron chi connectivity index (χ3n) is 2.67. The molecule has 0 aliphatic heterocycles. The summed E-state index contributed by atoms with van der Waals surface area (Å²) in [5.74, 6) is 0.146. The molecule has 0 nitrogen and oxygen atoms in total. The van der Waals surface area contributed by atoms with Crippen LogP contribution in [0.4, 0.5) is 0 Å². The van der Waals surface area contributed by atoms with Gasteiger partial charge in [-0.05, 0) is 23.5 Å². The normalized spacial score (nSPS) is 13.9. The lowest BCUT2D eigenvalue weighted by Crippen LogP contribution is -2.45. The molecule has 20 heavy (non-hydrogen) atoms. The second kappa shape index (κ2) is 6.79. The predicted molar refractivity (Wildman–Crippen MR) is 92.8 cm³/mol. The molecule has 1 unspecified atom stereocenters. The van der Waals surface area contributed by atoms with Gasteiger partial charge in [-0.2, -0.15) is 0 Å². The van der Waals surface area contributed by atoms with Crippen molar-refractivity contribution in [3.63, 3.8) is 0 Å². The molecular formula is C13H12Cl7. The number of benzene rings is 1. The molecule has 0 fully saturated rings. The molecule has 1 rings (SSSR count). The second-order valence-electron chi connectivity index (χ2n) is 4.61. The number of halogens is 7. The maximum atomic E-state index is 6.35. The Bertz CT molecular complexity index is 460. The molecule has 0 aromatic heterocycles. The Morgan fingerprint density at radius 3 is 1.95 bits per heavy atom. The second-order valence-corrected chi connectivity index (χ2v) is 9.55. The number of alkyl halides is 7. The molecule has 0 aliphatic rings. The Morgan fingerprint density at radius 2 is 1.50 bits per heavy atom. The van der Waals surface area contributed by atoms with Gasteiger partial charge in [0.05, 0.1) is 0 Å². The Kier molecular flexibility index (Phi) is 6.55. The van der Waals surface area contributed by atoms with Crippen molar-refractivity contribution >= 4 is 81.2 Å². The van der Waals surface area contributed by atoms with Crippen molar-refractivity contribution in [2.24, 2.45) is 5.92 Å². The molecule has 1 aromatic carbocycles. The van der Waals surface area contributed by atoms with E-state index in [1.165, 1.54) is 0 Å². The highest BCUT2D eigenvalue weighted by Crippen LogP contribution is 2.61. The summed E-state index contributed by atoms with van der Waals surface area (Å²) in [6.07, 6.45) is 0.640. The zero-order valence-corrected chi connectivity index (χ0v) is 15.7. The molecule has 7 heteroatoms. The van der Waals surface area contributed by atoms with Crippen molar-refractivity contribution in [3.8, 4) is 0 Å². The van der Waals surface area contributed by atoms with Crippen molar-refractivity contribution in [3.05, 3.63) is 42.3 Å². The zero-order valence-electron chi connectivity index (χ0n) is 10.4. The highest BCUT2D eigenvalue weighted by atomic mass is 35.6. The molecule has 1 aromatic rings. The van der Waals surface area contributed by atoms with Crippen LogP contribution in [0.5, 0.6) is 0 Å². The first kappa shape index (κ1) is 19.3. The quantitative estimate of drug-likeness (QED) is 0.470. The minimum Gasteiger partial charge on any atom is -0.0930 e. The van der Waals surface area contributed by atoms with E-state index < -0.39 is 12.5 Å². The lowest BCUT2D eigenvalue weighted by atomic mass is 9.95. The van der Waals surface area contributed by atoms with Crippen LogP contribution in [0.2, 0.25) is 0 Å². The molecule has 0 bridgehead atoms. The van der Waals surface area contributed by atoms with Gasteiger partial charge in [-0.25, -0.2) is 0 Å². The predicted octanol–water partition coefficient (Wildman–Crippen LogP) is 6.87. The van der Waals surface area contributed by atoms with E-state index in [1.54, 1.807) is 12.1 Å². The summed E-state index contributed by atoms with van der Waals surface area (Å²) in [7, 11) is 0. The van der Waals surface area contributed by atoms with Crippen molar-refractivity contribution in [2.75, 3.05) is 0 Å². The summed E-state index contributed by atoms with van der Waals surface area (Å²) >= 11 is 42.4. The molecule has 0 spiro atoms. The van der Waals surface area contributed by atoms with Crippen molar-refractivity contribution in [2.45, 2.75) is 25.8 Å². The maximum absolute atomic E-state index is 6.35. The molecule has 1 radical (unpaired) electrons. The average molecular weight is 416 g/mol. The van der Waals surface area contributed by atoms with Gasteiger partial charge in [0.1, 0.15) is 0 Å². The van der Waals surface area contributed by atoms with E-state index in [9.17, 15) is 0 Å². The fourth-order valence-corrected chi connectivity index (χ4v) is 3.30. The van der Waals surface area contributed by atoms with Gasteiger partial charge in [0.15, 0.2) is 4.33 Å². The van der Waals surface area contributed by atoms with Crippen LogP contribution in [0, 0.1) is 12.8 Å². The van der Waals surface area contributed by atoms with Gasteiger partial charge < -0.3 is 0 Å². The van der Waals surface area contributed by atoms with Crippen molar-refractivity contribution < 1.29 is 0 Å². The minimum absolute atomic E-state index is 0.146. The molecule has 0 saturated heterocycles. The van der Waals surface area contributed by atoms with Crippen LogP contribution in [0.15, 0.2) is 24.3 Å². The molecular weight excluding hydrogens is 404 g/mol. The first-order chi connectivity index (χ1) is 8.91. The van der Waals surface area contributed by atoms with Gasteiger partial charge in [0.25, 0.3) is 0 Å². The summed E-state index contributed by atoms with van der Waals surface area (Å²) in [6, 6.07) is 7.17. The first-order valence-corrected chi connectivity index (χ1v) is 8.29. The van der Waals surface area contributed by atoms with E-state index in [4.69, 9.17) is 81.2 Å². The average Bonchev–Trinajstić information content (AvgIpc) is 2.26. The number of hydrogen-bond donors (Lipinski definition) is 0. The van der Waals surface area contributed by atoms with Crippen molar-refractivity contribution in [1.29, 1.82) is 0 Å². The minimum atomic E-state index is -2.07. The number of hydrogen-bond acceptors (Lipinski definition) is 0. The van der Waals surface area contributed by atoms with E-state index >= 15 is 0 Å². The van der Waals surface area contributed by atoms with Gasteiger partial charge in [-0.3, -0.25) is 0 Å². The van der Waals surface area contributed by atoms with Crippen LogP contribution >= 0.6 is 81.2 Å². The molecule has 113 valence electrons. The monoisotopic (exact) mass is 413 g/mol. The maximum Gasteiger partial charge on any atom is 0.226 e. The molecule has 0 amide bonds. The van der Waals surface area contributed by atoms with Crippen LogP contribution in [-0.4, -0.2) is 8.13 Å².